The van der Waals surface area contributed by atoms with Crippen molar-refractivity contribution in [1.82, 2.24) is 0 Å². The first kappa shape index (κ1) is 11.0. The Morgan fingerprint density at radius 2 is 2.08 bits per heavy atom. The van der Waals surface area contributed by atoms with Crippen LogP contribution in [0.2, 0.25) is 0 Å². The molecule has 0 aromatic carbocycles. The molecule has 0 heterocycles. The number of nitrogens with zero attached hydrogens (tertiary/aromatic N) is 1. The zero-order valence-electron chi connectivity index (χ0n) is 7.83. The van der Waals surface area contributed by atoms with E-state index < -0.39 is 0 Å². The maximum Gasteiger partial charge on any atom is 0.308 e. The van der Waals surface area contributed by atoms with Crippen LogP contribution in [0.25, 0.3) is 0 Å². The third-order valence-corrected chi connectivity index (χ3v) is 1.83. The molecule has 1 unspecified atom stereocenters. The van der Waals surface area contributed by atoms with Crippen molar-refractivity contribution in [2.45, 2.75) is 27.2 Å². The molecule has 0 aromatic rings. The summed E-state index contributed by atoms with van der Waals surface area (Å²) in [5.74, 6) is 0.00327. The summed E-state index contributed by atoms with van der Waals surface area (Å²) < 4.78 is 4.84. The first-order valence-electron chi connectivity index (χ1n) is 4.13. The van der Waals surface area contributed by atoms with Crippen molar-refractivity contribution < 1.29 is 9.53 Å². The molecule has 0 aliphatic rings. The lowest BCUT2D eigenvalue weighted by Crippen LogP contribution is -2.19. The monoisotopic (exact) mass is 169 g/mol. The highest BCUT2D eigenvalue weighted by molar-refractivity contribution is 5.72. The fourth-order valence-electron chi connectivity index (χ4n) is 0.601. The van der Waals surface area contributed by atoms with Crippen molar-refractivity contribution in [2.24, 2.45) is 11.8 Å². The summed E-state index contributed by atoms with van der Waals surface area (Å²) in [4.78, 5) is 11.1. The van der Waals surface area contributed by atoms with E-state index in [1.807, 2.05) is 26.8 Å². The van der Waals surface area contributed by atoms with E-state index in [-0.39, 0.29) is 24.9 Å². The van der Waals surface area contributed by atoms with Gasteiger partial charge in [0.05, 0.1) is 18.4 Å². The fraction of sp³-hybridized carbons (Fsp3) is 0.778. The predicted molar refractivity (Wildman–Crippen MR) is 45.2 cm³/mol. The summed E-state index contributed by atoms with van der Waals surface area (Å²) in [5, 5.41) is 8.19. The normalized spacial score (nSPS) is 12.2. The third kappa shape index (κ3) is 3.97. The number of nitriles is 1. The highest BCUT2D eigenvalue weighted by Gasteiger charge is 2.17. The molecule has 0 aromatic heterocycles. The lowest BCUT2D eigenvalue weighted by molar-refractivity contribution is -0.149. The van der Waals surface area contributed by atoms with Gasteiger partial charge in [-0.1, -0.05) is 20.8 Å². The van der Waals surface area contributed by atoms with E-state index >= 15 is 0 Å². The minimum absolute atomic E-state index is 0.0799. The Kier molecular flexibility index (Phi) is 5.11. The second kappa shape index (κ2) is 5.59. The summed E-state index contributed by atoms with van der Waals surface area (Å²) in [7, 11) is 0. The number of hydrogen-bond acceptors (Lipinski definition) is 3. The number of rotatable bonds is 4. The van der Waals surface area contributed by atoms with Crippen molar-refractivity contribution in [3.63, 3.8) is 0 Å². The smallest absolute Gasteiger partial charge is 0.308 e. The van der Waals surface area contributed by atoms with Crippen LogP contribution in [-0.4, -0.2) is 12.6 Å². The van der Waals surface area contributed by atoms with Crippen LogP contribution in [0.15, 0.2) is 0 Å². The van der Waals surface area contributed by atoms with E-state index in [1.165, 1.54) is 0 Å². The standard InChI is InChI=1S/C9H15NO2/c1-7(2)8(3)9(11)12-6-4-5-10/h7-8H,4,6H2,1-3H3. The van der Waals surface area contributed by atoms with Crippen LogP contribution >= 0.6 is 0 Å². The van der Waals surface area contributed by atoms with Crippen LogP contribution in [-0.2, 0) is 9.53 Å². The third-order valence-electron chi connectivity index (χ3n) is 1.83. The van der Waals surface area contributed by atoms with Crippen LogP contribution in [0.3, 0.4) is 0 Å². The van der Waals surface area contributed by atoms with Crippen molar-refractivity contribution in [3.8, 4) is 6.07 Å². The molecule has 0 spiro atoms. The molecule has 0 saturated carbocycles. The van der Waals surface area contributed by atoms with Crippen LogP contribution in [0, 0.1) is 23.2 Å². The number of ether oxygens (including phenoxy) is 1. The van der Waals surface area contributed by atoms with Gasteiger partial charge in [-0.15, -0.1) is 0 Å². The Hall–Kier alpha value is -1.04. The van der Waals surface area contributed by atoms with Crippen molar-refractivity contribution >= 4 is 5.97 Å². The van der Waals surface area contributed by atoms with Crippen LogP contribution in [0.1, 0.15) is 27.2 Å². The SMILES string of the molecule is CC(C)C(C)C(=O)OCCC#N. The lowest BCUT2D eigenvalue weighted by Gasteiger charge is -2.13. The van der Waals surface area contributed by atoms with Crippen LogP contribution in [0.4, 0.5) is 0 Å². The second-order valence-electron chi connectivity index (χ2n) is 3.11. The Labute approximate surface area is 73.3 Å². The molecule has 0 radical (unpaired) electrons. The molecule has 1 atom stereocenters. The molecule has 0 fully saturated rings. The molecule has 0 amide bonds. The minimum atomic E-state index is -0.208. The van der Waals surface area contributed by atoms with E-state index in [0.29, 0.717) is 5.92 Å². The van der Waals surface area contributed by atoms with E-state index in [1.54, 1.807) is 0 Å². The molecular weight excluding hydrogens is 154 g/mol. The summed E-state index contributed by atoms with van der Waals surface area (Å²) in [6.07, 6.45) is 0.274. The van der Waals surface area contributed by atoms with Gasteiger partial charge in [0.25, 0.3) is 0 Å². The zero-order chi connectivity index (χ0) is 9.56. The van der Waals surface area contributed by atoms with Gasteiger partial charge in [-0.2, -0.15) is 5.26 Å². The average molecular weight is 169 g/mol. The zero-order valence-corrected chi connectivity index (χ0v) is 7.83. The molecule has 12 heavy (non-hydrogen) atoms. The maximum atomic E-state index is 11.1. The molecule has 0 rings (SSSR count). The van der Waals surface area contributed by atoms with Crippen molar-refractivity contribution in [2.75, 3.05) is 6.61 Å². The predicted octanol–water partition coefficient (Wildman–Crippen LogP) is 1.74. The number of carbonyl (C=O) groups is 1. The van der Waals surface area contributed by atoms with E-state index in [4.69, 9.17) is 10.00 Å². The Morgan fingerprint density at radius 3 is 2.50 bits per heavy atom. The van der Waals surface area contributed by atoms with Crippen molar-refractivity contribution in [3.05, 3.63) is 0 Å². The van der Waals surface area contributed by atoms with Gasteiger partial charge in [-0.25, -0.2) is 0 Å². The molecular formula is C9H15NO2. The number of esters is 1. The molecule has 3 nitrogen and oxygen atoms in total. The molecule has 3 heteroatoms. The average Bonchev–Trinajstić information content (AvgIpc) is 2.03. The number of carbonyl (C=O) groups excluding carboxylic acids is 1. The van der Waals surface area contributed by atoms with Crippen LogP contribution in [0.5, 0.6) is 0 Å². The minimum Gasteiger partial charge on any atom is -0.464 e. The molecule has 0 bridgehead atoms. The molecule has 68 valence electrons. The highest BCUT2D eigenvalue weighted by Crippen LogP contribution is 2.11. The summed E-state index contributed by atoms with van der Waals surface area (Å²) in [6.45, 7) is 5.98. The first-order chi connectivity index (χ1) is 5.59. The Bertz CT molecular complexity index is 181. The lowest BCUT2D eigenvalue weighted by atomic mass is 9.99. The van der Waals surface area contributed by atoms with E-state index in [2.05, 4.69) is 0 Å². The van der Waals surface area contributed by atoms with Gasteiger partial charge in [0.1, 0.15) is 6.61 Å². The van der Waals surface area contributed by atoms with Gasteiger partial charge >= 0.3 is 5.97 Å². The Balaban J connectivity index is 3.66. The van der Waals surface area contributed by atoms with Gasteiger partial charge in [0, 0.05) is 0 Å². The van der Waals surface area contributed by atoms with Crippen LogP contribution < -0.4 is 0 Å². The van der Waals surface area contributed by atoms with Gasteiger partial charge < -0.3 is 4.74 Å². The molecule has 0 N–H and O–H groups in total. The fourth-order valence-corrected chi connectivity index (χ4v) is 0.601. The first-order valence-corrected chi connectivity index (χ1v) is 4.13. The van der Waals surface area contributed by atoms with E-state index in [9.17, 15) is 4.79 Å². The van der Waals surface area contributed by atoms with Gasteiger partial charge in [0.2, 0.25) is 0 Å². The summed E-state index contributed by atoms with van der Waals surface area (Å²) in [6, 6.07) is 1.91. The largest absolute Gasteiger partial charge is 0.464 e. The van der Waals surface area contributed by atoms with Gasteiger partial charge in [-0.05, 0) is 5.92 Å². The topological polar surface area (TPSA) is 50.1 Å². The summed E-state index contributed by atoms with van der Waals surface area (Å²) in [5.41, 5.74) is 0. The number of hydrogen-bond donors (Lipinski definition) is 0. The highest BCUT2D eigenvalue weighted by atomic mass is 16.5. The van der Waals surface area contributed by atoms with Gasteiger partial charge in [0.15, 0.2) is 0 Å². The van der Waals surface area contributed by atoms with E-state index in [0.717, 1.165) is 0 Å². The molecule has 0 aliphatic heterocycles. The summed E-state index contributed by atoms with van der Waals surface area (Å²) >= 11 is 0. The maximum absolute atomic E-state index is 11.1. The molecule has 0 aliphatic carbocycles. The molecule has 0 saturated heterocycles. The van der Waals surface area contributed by atoms with Crippen molar-refractivity contribution in [1.29, 1.82) is 5.26 Å². The Morgan fingerprint density at radius 1 is 1.50 bits per heavy atom. The second-order valence-corrected chi connectivity index (χ2v) is 3.11. The quantitative estimate of drug-likeness (QED) is 0.475. The van der Waals surface area contributed by atoms with Gasteiger partial charge in [-0.3, -0.25) is 4.79 Å².